The number of fused-ring (bicyclic) bond motifs is 1. The minimum atomic E-state index is -0.423. The molecule has 1 aliphatic heterocycles. The fourth-order valence-electron chi connectivity index (χ4n) is 4.51. The molecule has 0 amide bonds. The van der Waals surface area contributed by atoms with Crippen LogP contribution in [-0.2, 0) is 33.8 Å². The van der Waals surface area contributed by atoms with E-state index in [1.54, 1.807) is 7.11 Å². The third-order valence-electron chi connectivity index (χ3n) is 6.16. The first-order valence-electron chi connectivity index (χ1n) is 11.0. The van der Waals surface area contributed by atoms with E-state index in [4.69, 9.17) is 14.5 Å². The fraction of sp³-hybridized carbons (Fsp3) is 0.480. The number of methoxy groups -OCH3 is 1. The SMILES string of the molecule is COC1=NCc2cc(CC(=O)C[C@H](C)c3ccccc3)nc(CO[C@@H]3CCC[C@@H]3O)c21. The number of aliphatic hydroxyl groups excluding tert-OH is 1. The third-order valence-corrected chi connectivity index (χ3v) is 6.16. The molecule has 1 aliphatic carbocycles. The van der Waals surface area contributed by atoms with Gasteiger partial charge in [-0.2, -0.15) is 0 Å². The zero-order chi connectivity index (χ0) is 21.8. The normalized spacial score (nSPS) is 20.9. The summed E-state index contributed by atoms with van der Waals surface area (Å²) in [6.45, 7) is 2.87. The maximum absolute atomic E-state index is 12.8. The van der Waals surface area contributed by atoms with Gasteiger partial charge in [0, 0.05) is 18.5 Å². The Hall–Kier alpha value is -2.57. The van der Waals surface area contributed by atoms with E-state index in [1.165, 1.54) is 5.56 Å². The highest BCUT2D eigenvalue weighted by Crippen LogP contribution is 2.28. The highest BCUT2D eigenvalue weighted by molar-refractivity contribution is 5.98. The second-order valence-corrected chi connectivity index (χ2v) is 8.50. The van der Waals surface area contributed by atoms with Crippen molar-refractivity contribution in [1.82, 2.24) is 4.98 Å². The van der Waals surface area contributed by atoms with Crippen molar-refractivity contribution in [3.05, 3.63) is 64.5 Å². The Morgan fingerprint density at radius 1 is 1.26 bits per heavy atom. The van der Waals surface area contributed by atoms with E-state index in [1.807, 2.05) is 24.3 Å². The molecule has 6 nitrogen and oxygen atoms in total. The number of hydrogen-bond donors (Lipinski definition) is 1. The predicted molar refractivity (Wildman–Crippen MR) is 118 cm³/mol. The Kier molecular flexibility index (Phi) is 6.78. The topological polar surface area (TPSA) is 81.0 Å². The van der Waals surface area contributed by atoms with E-state index < -0.39 is 6.10 Å². The largest absolute Gasteiger partial charge is 0.481 e. The van der Waals surface area contributed by atoms with Gasteiger partial charge in [-0.25, -0.2) is 4.99 Å². The highest BCUT2D eigenvalue weighted by Gasteiger charge is 2.28. The molecule has 1 aromatic heterocycles. The predicted octanol–water partition coefficient (Wildman–Crippen LogP) is 3.72. The molecule has 2 aromatic rings. The monoisotopic (exact) mass is 422 g/mol. The number of rotatable bonds is 8. The van der Waals surface area contributed by atoms with Crippen LogP contribution >= 0.6 is 0 Å². The van der Waals surface area contributed by atoms with Crippen LogP contribution in [0.3, 0.4) is 0 Å². The number of ether oxygens (including phenoxy) is 2. The lowest BCUT2D eigenvalue weighted by Gasteiger charge is -2.18. The number of aliphatic hydroxyl groups is 1. The molecule has 164 valence electrons. The lowest BCUT2D eigenvalue weighted by Crippen LogP contribution is -2.23. The molecular weight excluding hydrogens is 392 g/mol. The summed E-state index contributed by atoms with van der Waals surface area (Å²) in [5.41, 5.74) is 4.51. The number of Topliss-reactive ketones (excluding diaryl/α,β-unsaturated/α-hetero) is 1. The third kappa shape index (κ3) is 5.02. The summed E-state index contributed by atoms with van der Waals surface area (Å²) in [5, 5.41) is 10.1. The maximum atomic E-state index is 12.8. The second-order valence-electron chi connectivity index (χ2n) is 8.50. The van der Waals surface area contributed by atoms with Gasteiger partial charge >= 0.3 is 0 Å². The van der Waals surface area contributed by atoms with Crippen LogP contribution in [0.5, 0.6) is 0 Å². The average Bonchev–Trinajstić information content (AvgIpc) is 3.38. The Labute approximate surface area is 183 Å². The number of pyridine rings is 1. The Morgan fingerprint density at radius 3 is 2.77 bits per heavy atom. The molecule has 1 N–H and O–H groups in total. The van der Waals surface area contributed by atoms with Gasteiger partial charge in [-0.3, -0.25) is 9.78 Å². The van der Waals surface area contributed by atoms with Gasteiger partial charge in [-0.1, -0.05) is 37.3 Å². The molecule has 0 spiro atoms. The molecule has 3 atom stereocenters. The van der Waals surface area contributed by atoms with E-state index in [9.17, 15) is 9.90 Å². The molecule has 1 fully saturated rings. The van der Waals surface area contributed by atoms with Crippen molar-refractivity contribution in [2.24, 2.45) is 4.99 Å². The van der Waals surface area contributed by atoms with Crippen molar-refractivity contribution in [2.45, 2.75) is 70.3 Å². The molecule has 1 saturated carbocycles. The maximum Gasteiger partial charge on any atom is 0.218 e. The quantitative estimate of drug-likeness (QED) is 0.701. The molecular formula is C25H30N2O4. The first kappa shape index (κ1) is 21.7. The van der Waals surface area contributed by atoms with Crippen molar-refractivity contribution < 1.29 is 19.4 Å². The van der Waals surface area contributed by atoms with Crippen LogP contribution in [-0.4, -0.2) is 41.1 Å². The van der Waals surface area contributed by atoms with Crippen LogP contribution < -0.4 is 0 Å². The van der Waals surface area contributed by atoms with Gasteiger partial charge in [-0.05, 0) is 42.4 Å². The summed E-state index contributed by atoms with van der Waals surface area (Å²) in [4.78, 5) is 22.0. The lowest BCUT2D eigenvalue weighted by molar-refractivity contribution is -0.118. The van der Waals surface area contributed by atoms with Crippen molar-refractivity contribution in [3.63, 3.8) is 0 Å². The van der Waals surface area contributed by atoms with E-state index in [0.29, 0.717) is 18.9 Å². The lowest BCUT2D eigenvalue weighted by atomic mass is 9.94. The number of carbonyl (C=O) groups excluding carboxylic acids is 1. The minimum absolute atomic E-state index is 0.160. The van der Waals surface area contributed by atoms with Crippen molar-refractivity contribution in [1.29, 1.82) is 0 Å². The van der Waals surface area contributed by atoms with E-state index in [-0.39, 0.29) is 30.8 Å². The first-order valence-corrected chi connectivity index (χ1v) is 11.0. The second kappa shape index (κ2) is 9.71. The van der Waals surface area contributed by atoms with Crippen LogP contribution in [0.2, 0.25) is 0 Å². The van der Waals surface area contributed by atoms with Crippen LogP contribution in [0.4, 0.5) is 0 Å². The number of ketones is 1. The fourth-order valence-corrected chi connectivity index (χ4v) is 4.51. The summed E-state index contributed by atoms with van der Waals surface area (Å²) in [6, 6.07) is 12.1. The number of nitrogens with zero attached hydrogens (tertiary/aromatic N) is 2. The van der Waals surface area contributed by atoms with Crippen molar-refractivity contribution in [3.8, 4) is 0 Å². The number of hydrogen-bond acceptors (Lipinski definition) is 6. The van der Waals surface area contributed by atoms with Crippen LogP contribution in [0.25, 0.3) is 0 Å². The van der Waals surface area contributed by atoms with Gasteiger partial charge in [0.1, 0.15) is 5.78 Å². The van der Waals surface area contributed by atoms with Crippen LogP contribution in [0.1, 0.15) is 66.6 Å². The molecule has 6 heteroatoms. The number of carbonyl (C=O) groups is 1. The molecule has 0 unspecified atom stereocenters. The first-order chi connectivity index (χ1) is 15.0. The summed E-state index contributed by atoms with van der Waals surface area (Å²) in [5.74, 6) is 0.884. The Balaban J connectivity index is 1.48. The Bertz CT molecular complexity index is 957. The highest BCUT2D eigenvalue weighted by atomic mass is 16.5. The van der Waals surface area contributed by atoms with E-state index in [2.05, 4.69) is 24.0 Å². The van der Waals surface area contributed by atoms with Gasteiger partial charge < -0.3 is 14.6 Å². The molecule has 2 heterocycles. The van der Waals surface area contributed by atoms with Gasteiger partial charge in [0.25, 0.3) is 0 Å². The molecule has 0 radical (unpaired) electrons. The summed E-state index contributed by atoms with van der Waals surface area (Å²) >= 11 is 0. The molecule has 0 saturated heterocycles. The van der Waals surface area contributed by atoms with Crippen molar-refractivity contribution >= 4 is 11.7 Å². The van der Waals surface area contributed by atoms with E-state index in [0.717, 1.165) is 41.8 Å². The van der Waals surface area contributed by atoms with Gasteiger partial charge in [0.15, 0.2) is 0 Å². The summed E-state index contributed by atoms with van der Waals surface area (Å²) < 4.78 is 11.4. The molecule has 0 bridgehead atoms. The summed E-state index contributed by atoms with van der Waals surface area (Å²) in [7, 11) is 1.60. The van der Waals surface area contributed by atoms with Crippen LogP contribution in [0.15, 0.2) is 41.4 Å². The zero-order valence-electron chi connectivity index (χ0n) is 18.2. The summed E-state index contributed by atoms with van der Waals surface area (Å²) in [6.07, 6.45) is 2.76. The number of aromatic nitrogens is 1. The van der Waals surface area contributed by atoms with Crippen molar-refractivity contribution in [2.75, 3.05) is 7.11 Å². The standard InChI is InChI=1S/C25H30N2O4/c1-16(17-7-4-3-5-8-17)11-20(28)13-19-12-18-14-26-25(30-2)24(18)21(27-19)15-31-23-10-6-9-22(23)29/h3-5,7-8,12,16,22-23,29H,6,9-11,13-15H2,1-2H3/t16-,22-,23+/m0/s1. The van der Waals surface area contributed by atoms with Gasteiger partial charge in [-0.15, -0.1) is 0 Å². The minimum Gasteiger partial charge on any atom is -0.481 e. The average molecular weight is 423 g/mol. The smallest absolute Gasteiger partial charge is 0.218 e. The number of benzene rings is 1. The zero-order valence-corrected chi connectivity index (χ0v) is 18.2. The molecule has 4 rings (SSSR count). The van der Waals surface area contributed by atoms with Gasteiger partial charge in [0.2, 0.25) is 5.90 Å². The van der Waals surface area contributed by atoms with E-state index >= 15 is 0 Å². The molecule has 1 aromatic carbocycles. The number of aliphatic imine (C=N–C) groups is 1. The van der Waals surface area contributed by atoms with Gasteiger partial charge in [0.05, 0.1) is 43.7 Å². The Morgan fingerprint density at radius 2 is 2.06 bits per heavy atom. The van der Waals surface area contributed by atoms with Crippen LogP contribution in [0, 0.1) is 0 Å². The molecule has 2 aliphatic rings. The molecule has 31 heavy (non-hydrogen) atoms.